The molecule has 0 unspecified atom stereocenters. The molecule has 1 atom stereocenters. The summed E-state index contributed by atoms with van der Waals surface area (Å²) in [5.74, 6) is -1.29. The molecule has 0 fully saturated rings. The van der Waals surface area contributed by atoms with Crippen molar-refractivity contribution in [3.05, 3.63) is 57.7 Å². The summed E-state index contributed by atoms with van der Waals surface area (Å²) in [4.78, 5) is 29.9. The number of amides is 2. The molecule has 3 rings (SSSR count). The fraction of sp³-hybridized carbons (Fsp3) is 0.188. The van der Waals surface area contributed by atoms with Crippen LogP contribution in [0.5, 0.6) is 5.88 Å². The van der Waals surface area contributed by atoms with Gasteiger partial charge in [-0.15, -0.1) is 0 Å². The Morgan fingerprint density at radius 1 is 1.08 bits per heavy atom. The number of carbonyl (C=O) groups excluding carboxylic acids is 2. The number of alkyl halides is 2. The van der Waals surface area contributed by atoms with Gasteiger partial charge in [-0.3, -0.25) is 14.5 Å². The Labute approximate surface area is 144 Å². The third-order valence-electron chi connectivity index (χ3n) is 3.72. The summed E-state index contributed by atoms with van der Waals surface area (Å²) in [5, 5.41) is 0. The zero-order chi connectivity index (χ0) is 17.4. The van der Waals surface area contributed by atoms with Crippen molar-refractivity contribution >= 4 is 27.7 Å². The van der Waals surface area contributed by atoms with Crippen LogP contribution in [0.15, 0.2) is 41.0 Å². The van der Waals surface area contributed by atoms with Gasteiger partial charge in [-0.25, -0.2) is 4.98 Å². The molecule has 0 N–H and O–H groups in total. The van der Waals surface area contributed by atoms with Gasteiger partial charge in [-0.1, -0.05) is 12.1 Å². The first-order valence-electron chi connectivity index (χ1n) is 6.98. The van der Waals surface area contributed by atoms with E-state index in [1.807, 2.05) is 0 Å². The summed E-state index contributed by atoms with van der Waals surface area (Å²) < 4.78 is 30.0. The lowest BCUT2D eigenvalue weighted by atomic mass is 10.1. The number of pyridine rings is 1. The van der Waals surface area contributed by atoms with Crippen molar-refractivity contribution in [2.75, 3.05) is 0 Å². The standard InChI is InChI=1S/C16H11BrF2N2O3/c1-8(9-6-7-12(17)20-13(9)24-16(18)19)21-14(22)10-4-2-3-5-11(10)15(21)23/h2-8,16H,1H3/t8-/m0/s1. The van der Waals surface area contributed by atoms with E-state index < -0.39 is 24.5 Å². The van der Waals surface area contributed by atoms with Gasteiger partial charge in [-0.05, 0) is 47.1 Å². The van der Waals surface area contributed by atoms with Crippen molar-refractivity contribution in [3.8, 4) is 5.88 Å². The minimum absolute atomic E-state index is 0.216. The van der Waals surface area contributed by atoms with Gasteiger partial charge in [0.25, 0.3) is 11.8 Å². The molecule has 1 aromatic carbocycles. The van der Waals surface area contributed by atoms with E-state index in [4.69, 9.17) is 0 Å². The molecule has 8 heteroatoms. The van der Waals surface area contributed by atoms with Gasteiger partial charge in [0.2, 0.25) is 5.88 Å². The Morgan fingerprint density at radius 3 is 2.21 bits per heavy atom. The highest BCUT2D eigenvalue weighted by atomic mass is 79.9. The largest absolute Gasteiger partial charge is 0.417 e. The monoisotopic (exact) mass is 396 g/mol. The maximum absolute atomic E-state index is 12.6. The molecular weight excluding hydrogens is 386 g/mol. The Kier molecular flexibility index (Phi) is 4.31. The van der Waals surface area contributed by atoms with Crippen LogP contribution in [-0.4, -0.2) is 28.3 Å². The maximum atomic E-state index is 12.6. The lowest BCUT2D eigenvalue weighted by Gasteiger charge is -2.24. The van der Waals surface area contributed by atoms with Crippen LogP contribution in [0.3, 0.4) is 0 Å². The van der Waals surface area contributed by atoms with E-state index in [1.54, 1.807) is 31.2 Å². The number of nitrogens with zero attached hydrogens (tertiary/aromatic N) is 2. The van der Waals surface area contributed by atoms with Gasteiger partial charge in [0.15, 0.2) is 0 Å². The Hall–Kier alpha value is -2.35. The smallest absolute Gasteiger partial charge is 0.388 e. The fourth-order valence-electron chi connectivity index (χ4n) is 2.62. The predicted octanol–water partition coefficient (Wildman–Crippen LogP) is 3.80. The minimum Gasteiger partial charge on any atom is -0.417 e. The van der Waals surface area contributed by atoms with Crippen LogP contribution in [0.2, 0.25) is 0 Å². The highest BCUT2D eigenvalue weighted by Gasteiger charge is 2.39. The first kappa shape index (κ1) is 16.5. The molecule has 124 valence electrons. The number of halogens is 3. The van der Waals surface area contributed by atoms with E-state index in [-0.39, 0.29) is 22.6 Å². The number of rotatable bonds is 4. The molecular formula is C16H11BrF2N2O3. The number of aromatic nitrogens is 1. The molecule has 0 bridgehead atoms. The summed E-state index contributed by atoms with van der Waals surface area (Å²) in [7, 11) is 0. The summed E-state index contributed by atoms with van der Waals surface area (Å²) in [6.07, 6.45) is 0. The average Bonchev–Trinajstić information content (AvgIpc) is 2.78. The molecule has 0 saturated carbocycles. The van der Waals surface area contributed by atoms with Gasteiger partial charge in [0.1, 0.15) is 4.60 Å². The molecule has 1 aromatic heterocycles. The van der Waals surface area contributed by atoms with Crippen molar-refractivity contribution in [1.82, 2.24) is 9.88 Å². The predicted molar refractivity (Wildman–Crippen MR) is 83.9 cm³/mol. The van der Waals surface area contributed by atoms with Crippen LogP contribution in [0, 0.1) is 0 Å². The number of hydrogen-bond acceptors (Lipinski definition) is 4. The van der Waals surface area contributed by atoms with E-state index >= 15 is 0 Å². The summed E-state index contributed by atoms with van der Waals surface area (Å²) >= 11 is 3.08. The van der Waals surface area contributed by atoms with E-state index in [0.29, 0.717) is 4.60 Å². The van der Waals surface area contributed by atoms with Crippen LogP contribution in [0.4, 0.5) is 8.78 Å². The SMILES string of the molecule is C[C@@H](c1ccc(Br)nc1OC(F)F)N1C(=O)c2ccccc2C1=O. The van der Waals surface area contributed by atoms with Crippen LogP contribution in [0.1, 0.15) is 39.2 Å². The van der Waals surface area contributed by atoms with Gasteiger partial charge in [0, 0.05) is 5.56 Å². The summed E-state index contributed by atoms with van der Waals surface area (Å²) in [6.45, 7) is -1.51. The summed E-state index contributed by atoms with van der Waals surface area (Å²) in [6, 6.07) is 8.63. The normalized spacial score (nSPS) is 15.0. The van der Waals surface area contributed by atoms with Crippen molar-refractivity contribution in [2.24, 2.45) is 0 Å². The molecule has 24 heavy (non-hydrogen) atoms. The highest BCUT2D eigenvalue weighted by Crippen LogP contribution is 2.35. The average molecular weight is 397 g/mol. The molecule has 0 saturated heterocycles. The molecule has 2 aromatic rings. The second kappa shape index (κ2) is 6.27. The number of carbonyl (C=O) groups is 2. The van der Waals surface area contributed by atoms with Gasteiger partial charge in [-0.2, -0.15) is 8.78 Å². The van der Waals surface area contributed by atoms with E-state index in [0.717, 1.165) is 4.90 Å². The van der Waals surface area contributed by atoms with Crippen molar-refractivity contribution in [3.63, 3.8) is 0 Å². The fourth-order valence-corrected chi connectivity index (χ4v) is 2.92. The number of ether oxygens (including phenoxy) is 1. The Bertz CT molecular complexity index is 794. The third-order valence-corrected chi connectivity index (χ3v) is 4.16. The van der Waals surface area contributed by atoms with Crippen LogP contribution < -0.4 is 4.74 Å². The maximum Gasteiger partial charge on any atom is 0.388 e. The first-order chi connectivity index (χ1) is 11.4. The molecule has 0 spiro atoms. The molecule has 1 aliphatic rings. The molecule has 2 heterocycles. The zero-order valence-electron chi connectivity index (χ0n) is 12.4. The highest BCUT2D eigenvalue weighted by molar-refractivity contribution is 9.10. The van der Waals surface area contributed by atoms with E-state index in [9.17, 15) is 18.4 Å². The Balaban J connectivity index is 2.00. The van der Waals surface area contributed by atoms with Crippen molar-refractivity contribution in [1.29, 1.82) is 0 Å². The second-order valence-corrected chi connectivity index (χ2v) is 5.92. The van der Waals surface area contributed by atoms with Crippen molar-refractivity contribution in [2.45, 2.75) is 19.6 Å². The molecule has 0 aliphatic carbocycles. The van der Waals surface area contributed by atoms with Gasteiger partial charge < -0.3 is 4.74 Å². The van der Waals surface area contributed by atoms with Gasteiger partial charge >= 0.3 is 6.61 Å². The molecule has 0 radical (unpaired) electrons. The first-order valence-corrected chi connectivity index (χ1v) is 7.77. The number of fused-ring (bicyclic) bond motifs is 1. The number of imide groups is 1. The topological polar surface area (TPSA) is 59.5 Å². The molecule has 2 amide bonds. The van der Waals surface area contributed by atoms with E-state index in [1.165, 1.54) is 12.1 Å². The van der Waals surface area contributed by atoms with Crippen LogP contribution in [0.25, 0.3) is 0 Å². The lowest BCUT2D eigenvalue weighted by Crippen LogP contribution is -2.33. The zero-order valence-corrected chi connectivity index (χ0v) is 14.0. The lowest BCUT2D eigenvalue weighted by molar-refractivity contribution is -0.0540. The third kappa shape index (κ3) is 2.77. The van der Waals surface area contributed by atoms with Gasteiger partial charge in [0.05, 0.1) is 17.2 Å². The van der Waals surface area contributed by atoms with Crippen molar-refractivity contribution < 1.29 is 23.1 Å². The summed E-state index contributed by atoms with van der Waals surface area (Å²) in [5.41, 5.74) is 0.791. The molecule has 1 aliphatic heterocycles. The van der Waals surface area contributed by atoms with Crippen LogP contribution >= 0.6 is 15.9 Å². The Morgan fingerprint density at radius 2 is 1.67 bits per heavy atom. The number of benzene rings is 1. The quantitative estimate of drug-likeness (QED) is 0.582. The second-order valence-electron chi connectivity index (χ2n) is 5.11. The number of hydrogen-bond donors (Lipinski definition) is 0. The molecule has 5 nitrogen and oxygen atoms in total. The van der Waals surface area contributed by atoms with E-state index in [2.05, 4.69) is 25.7 Å². The minimum atomic E-state index is -3.07. The van der Waals surface area contributed by atoms with Crippen LogP contribution in [-0.2, 0) is 0 Å².